The number of hydrogen-bond acceptors (Lipinski definition) is 2. The molecular weight excluding hydrogens is 277 g/mol. The smallest absolute Gasteiger partial charge is 0.128 e. The van der Waals surface area contributed by atoms with Gasteiger partial charge in [-0.2, -0.15) is 0 Å². The number of alkyl halides is 1. The first-order valence-corrected chi connectivity index (χ1v) is 6.77. The van der Waals surface area contributed by atoms with Crippen molar-refractivity contribution < 1.29 is 4.39 Å². The first-order valence-electron chi connectivity index (χ1n) is 6.34. The summed E-state index contributed by atoms with van der Waals surface area (Å²) in [6.45, 7) is 2.46. The molecule has 1 unspecified atom stereocenters. The van der Waals surface area contributed by atoms with E-state index in [0.29, 0.717) is 6.54 Å². The largest absolute Gasteiger partial charge is 0.322 e. The van der Waals surface area contributed by atoms with E-state index in [9.17, 15) is 4.39 Å². The van der Waals surface area contributed by atoms with Crippen molar-refractivity contribution in [3.05, 3.63) is 59.9 Å². The van der Waals surface area contributed by atoms with E-state index in [1.165, 1.54) is 12.1 Å². The number of pyridine rings is 1. The Morgan fingerprint density at radius 2 is 2.00 bits per heavy atom. The van der Waals surface area contributed by atoms with Crippen LogP contribution in [0.15, 0.2) is 42.7 Å². The lowest BCUT2D eigenvalue weighted by molar-refractivity contribution is 0.628. The fourth-order valence-corrected chi connectivity index (χ4v) is 2.42. The molecule has 0 fully saturated rings. The van der Waals surface area contributed by atoms with Crippen molar-refractivity contribution in [1.82, 2.24) is 14.5 Å². The molecule has 2 heterocycles. The second-order valence-corrected chi connectivity index (χ2v) is 5.32. The highest BCUT2D eigenvalue weighted by atomic mass is 35.5. The number of benzene rings is 1. The van der Waals surface area contributed by atoms with Crippen LogP contribution in [0.2, 0.25) is 0 Å². The molecular formula is C15H13ClFN3. The van der Waals surface area contributed by atoms with Gasteiger partial charge in [0.25, 0.3) is 0 Å². The quantitative estimate of drug-likeness (QED) is 0.684. The third kappa shape index (κ3) is 2.39. The van der Waals surface area contributed by atoms with Gasteiger partial charge >= 0.3 is 0 Å². The van der Waals surface area contributed by atoms with Gasteiger partial charge in [-0.25, -0.2) is 9.37 Å². The number of imidazole rings is 1. The average molecular weight is 290 g/mol. The van der Waals surface area contributed by atoms with Gasteiger partial charge in [0.15, 0.2) is 0 Å². The highest BCUT2D eigenvalue weighted by Gasteiger charge is 2.15. The van der Waals surface area contributed by atoms with Gasteiger partial charge in [0, 0.05) is 18.9 Å². The van der Waals surface area contributed by atoms with E-state index in [1.807, 2.05) is 23.6 Å². The second kappa shape index (κ2) is 5.21. The summed E-state index contributed by atoms with van der Waals surface area (Å²) in [7, 11) is 0. The Bertz CT molecular complexity index is 737. The highest BCUT2D eigenvalue weighted by molar-refractivity contribution is 6.20. The first-order chi connectivity index (χ1) is 9.65. The van der Waals surface area contributed by atoms with E-state index in [4.69, 9.17) is 11.6 Å². The maximum absolute atomic E-state index is 13.5. The molecule has 5 heteroatoms. The van der Waals surface area contributed by atoms with Crippen molar-refractivity contribution in [3.63, 3.8) is 0 Å². The van der Waals surface area contributed by atoms with E-state index < -0.39 is 0 Å². The van der Waals surface area contributed by atoms with Gasteiger partial charge < -0.3 is 4.57 Å². The van der Waals surface area contributed by atoms with Crippen LogP contribution in [0.3, 0.4) is 0 Å². The summed E-state index contributed by atoms with van der Waals surface area (Å²) >= 11 is 6.20. The first kappa shape index (κ1) is 13.1. The van der Waals surface area contributed by atoms with Gasteiger partial charge in [0.2, 0.25) is 0 Å². The van der Waals surface area contributed by atoms with Gasteiger partial charge in [-0.1, -0.05) is 0 Å². The zero-order chi connectivity index (χ0) is 14.1. The van der Waals surface area contributed by atoms with Crippen molar-refractivity contribution in [2.45, 2.75) is 18.8 Å². The Labute approximate surface area is 121 Å². The minimum absolute atomic E-state index is 0.243. The standard InChI is InChI=1S/C15H13ClFN3/c1-10(16)15-19-13-3-2-12(17)8-14(13)20(15)9-11-4-6-18-7-5-11/h2-8,10H,9H2,1H3. The Hall–Kier alpha value is -1.94. The molecule has 20 heavy (non-hydrogen) atoms. The number of rotatable bonds is 3. The van der Waals surface area contributed by atoms with E-state index in [2.05, 4.69) is 9.97 Å². The molecule has 0 N–H and O–H groups in total. The summed E-state index contributed by atoms with van der Waals surface area (Å²) in [6.07, 6.45) is 3.47. The Morgan fingerprint density at radius 3 is 2.70 bits per heavy atom. The molecule has 3 rings (SSSR count). The summed E-state index contributed by atoms with van der Waals surface area (Å²) in [5, 5.41) is -0.243. The van der Waals surface area contributed by atoms with Crippen LogP contribution in [0.25, 0.3) is 11.0 Å². The zero-order valence-corrected chi connectivity index (χ0v) is 11.7. The molecule has 1 atom stereocenters. The van der Waals surface area contributed by atoms with Crippen molar-refractivity contribution >= 4 is 22.6 Å². The summed E-state index contributed by atoms with van der Waals surface area (Å²) in [4.78, 5) is 8.50. The van der Waals surface area contributed by atoms with Crippen LogP contribution in [0, 0.1) is 5.82 Å². The van der Waals surface area contributed by atoms with Gasteiger partial charge in [-0.05, 0) is 42.8 Å². The van der Waals surface area contributed by atoms with Crippen LogP contribution in [0.4, 0.5) is 4.39 Å². The average Bonchev–Trinajstić information content (AvgIpc) is 2.78. The molecule has 0 aliphatic carbocycles. The van der Waals surface area contributed by atoms with Crippen LogP contribution < -0.4 is 0 Å². The summed E-state index contributed by atoms with van der Waals surface area (Å²) in [5.74, 6) is 0.464. The molecule has 102 valence electrons. The molecule has 0 saturated heterocycles. The molecule has 0 aliphatic heterocycles. The van der Waals surface area contributed by atoms with Gasteiger partial charge in [0.1, 0.15) is 11.6 Å². The molecule has 0 aliphatic rings. The molecule has 2 aromatic heterocycles. The predicted molar refractivity (Wildman–Crippen MR) is 77.3 cm³/mol. The maximum Gasteiger partial charge on any atom is 0.128 e. The van der Waals surface area contributed by atoms with Crippen LogP contribution in [0.5, 0.6) is 0 Å². The van der Waals surface area contributed by atoms with Crippen molar-refractivity contribution in [1.29, 1.82) is 0 Å². The highest BCUT2D eigenvalue weighted by Crippen LogP contribution is 2.26. The second-order valence-electron chi connectivity index (χ2n) is 4.66. The third-order valence-corrected chi connectivity index (χ3v) is 3.38. The van der Waals surface area contributed by atoms with Crippen molar-refractivity contribution in [3.8, 4) is 0 Å². The number of fused-ring (bicyclic) bond motifs is 1. The van der Waals surface area contributed by atoms with E-state index in [-0.39, 0.29) is 11.2 Å². The molecule has 0 radical (unpaired) electrons. The monoisotopic (exact) mass is 289 g/mol. The van der Waals surface area contributed by atoms with E-state index in [1.54, 1.807) is 18.5 Å². The fourth-order valence-electron chi connectivity index (χ4n) is 2.26. The van der Waals surface area contributed by atoms with Crippen LogP contribution in [-0.2, 0) is 6.54 Å². The van der Waals surface area contributed by atoms with E-state index >= 15 is 0 Å². The number of nitrogens with zero attached hydrogens (tertiary/aromatic N) is 3. The summed E-state index contributed by atoms with van der Waals surface area (Å²) < 4.78 is 15.4. The molecule has 3 nitrogen and oxygen atoms in total. The van der Waals surface area contributed by atoms with Gasteiger partial charge in [0.05, 0.1) is 16.4 Å². The topological polar surface area (TPSA) is 30.7 Å². The van der Waals surface area contributed by atoms with Crippen LogP contribution in [-0.4, -0.2) is 14.5 Å². The lowest BCUT2D eigenvalue weighted by Gasteiger charge is -2.10. The summed E-state index contributed by atoms with van der Waals surface area (Å²) in [5.41, 5.74) is 2.58. The normalized spacial score (nSPS) is 12.8. The number of aromatic nitrogens is 3. The number of hydrogen-bond donors (Lipinski definition) is 0. The molecule has 3 aromatic rings. The molecule has 0 spiro atoms. The lowest BCUT2D eigenvalue weighted by Crippen LogP contribution is -2.05. The minimum Gasteiger partial charge on any atom is -0.322 e. The predicted octanol–water partition coefficient (Wildman–Crippen LogP) is 3.92. The maximum atomic E-state index is 13.5. The lowest BCUT2D eigenvalue weighted by atomic mass is 10.2. The van der Waals surface area contributed by atoms with Gasteiger partial charge in [-0.15, -0.1) is 11.6 Å². The van der Waals surface area contributed by atoms with Crippen molar-refractivity contribution in [2.75, 3.05) is 0 Å². The van der Waals surface area contributed by atoms with E-state index in [0.717, 1.165) is 22.4 Å². The Kier molecular flexibility index (Phi) is 3.40. The Balaban J connectivity index is 2.15. The van der Waals surface area contributed by atoms with Crippen LogP contribution in [0.1, 0.15) is 23.7 Å². The molecule has 1 aromatic carbocycles. The van der Waals surface area contributed by atoms with Crippen LogP contribution >= 0.6 is 11.6 Å². The van der Waals surface area contributed by atoms with Crippen molar-refractivity contribution in [2.24, 2.45) is 0 Å². The zero-order valence-electron chi connectivity index (χ0n) is 10.9. The summed E-state index contributed by atoms with van der Waals surface area (Å²) in [6, 6.07) is 8.43. The third-order valence-electron chi connectivity index (χ3n) is 3.19. The van der Waals surface area contributed by atoms with Gasteiger partial charge in [-0.3, -0.25) is 4.98 Å². The molecule has 0 amide bonds. The SMILES string of the molecule is CC(Cl)c1nc2ccc(F)cc2n1Cc1ccncc1. The Morgan fingerprint density at radius 1 is 1.25 bits per heavy atom. The minimum atomic E-state index is -0.276. The fraction of sp³-hybridized carbons (Fsp3) is 0.200. The number of halogens is 2. The molecule has 0 bridgehead atoms. The molecule has 0 saturated carbocycles.